The van der Waals surface area contributed by atoms with Crippen LogP contribution in [-0.4, -0.2) is 14.9 Å². The maximum Gasteiger partial charge on any atom is 0.115 e. The molecular weight excluding hydrogens is 190 g/mol. The number of phenolic OH excluding ortho intramolecular Hbond substituents is 1. The third kappa shape index (κ3) is 1.71. The van der Waals surface area contributed by atoms with Crippen LogP contribution in [0.15, 0.2) is 30.5 Å². The van der Waals surface area contributed by atoms with Crippen LogP contribution in [0.25, 0.3) is 11.3 Å². The molecule has 0 saturated heterocycles. The van der Waals surface area contributed by atoms with Gasteiger partial charge in [0, 0.05) is 24.7 Å². The number of benzene rings is 1. The Hall–Kier alpha value is -1.81. The minimum atomic E-state index is 0.259. The predicted molar refractivity (Wildman–Crippen MR) is 58.2 cm³/mol. The molecule has 2 rings (SSSR count). The van der Waals surface area contributed by atoms with Crippen LogP contribution >= 0.6 is 0 Å². The molecule has 1 aromatic carbocycles. The average molecular weight is 203 g/mol. The molecule has 0 aliphatic heterocycles. The van der Waals surface area contributed by atoms with E-state index in [9.17, 15) is 5.11 Å². The van der Waals surface area contributed by atoms with E-state index in [1.54, 1.807) is 23.0 Å². The van der Waals surface area contributed by atoms with E-state index in [-0.39, 0.29) is 5.75 Å². The zero-order chi connectivity index (χ0) is 10.8. The summed E-state index contributed by atoms with van der Waals surface area (Å²) in [6.07, 6.45) is 1.77. The van der Waals surface area contributed by atoms with Crippen molar-refractivity contribution in [1.29, 1.82) is 0 Å². The lowest BCUT2D eigenvalue weighted by Gasteiger charge is -2.05. The molecule has 0 aliphatic carbocycles. The predicted octanol–water partition coefficient (Wildman–Crippen LogP) is 1.25. The van der Waals surface area contributed by atoms with Crippen molar-refractivity contribution in [2.24, 2.45) is 12.8 Å². The van der Waals surface area contributed by atoms with E-state index < -0.39 is 0 Å². The van der Waals surface area contributed by atoms with E-state index in [1.165, 1.54) is 0 Å². The standard InChI is InChI=1S/C11H13N3O/c1-14-11(9(6-12)7-13-14)8-2-4-10(15)5-3-8/h2-5,7,15H,6,12H2,1H3. The minimum Gasteiger partial charge on any atom is -0.508 e. The Bertz CT molecular complexity index is 459. The van der Waals surface area contributed by atoms with Crippen molar-refractivity contribution in [3.8, 4) is 17.0 Å². The lowest BCUT2D eigenvalue weighted by Crippen LogP contribution is -1.99. The normalized spacial score (nSPS) is 10.5. The molecule has 15 heavy (non-hydrogen) atoms. The van der Waals surface area contributed by atoms with Crippen LogP contribution in [0.2, 0.25) is 0 Å². The molecule has 3 N–H and O–H groups in total. The first-order valence-corrected chi connectivity index (χ1v) is 4.72. The number of phenols is 1. The van der Waals surface area contributed by atoms with Crippen LogP contribution in [0, 0.1) is 0 Å². The fourth-order valence-corrected chi connectivity index (χ4v) is 1.62. The van der Waals surface area contributed by atoms with Crippen molar-refractivity contribution in [2.45, 2.75) is 6.54 Å². The number of aromatic hydroxyl groups is 1. The van der Waals surface area contributed by atoms with E-state index in [4.69, 9.17) is 5.73 Å². The summed E-state index contributed by atoms with van der Waals surface area (Å²) in [6, 6.07) is 7.02. The van der Waals surface area contributed by atoms with E-state index >= 15 is 0 Å². The molecule has 0 saturated carbocycles. The quantitative estimate of drug-likeness (QED) is 0.772. The molecule has 78 valence electrons. The van der Waals surface area contributed by atoms with E-state index in [0.29, 0.717) is 6.54 Å². The van der Waals surface area contributed by atoms with Crippen molar-refractivity contribution < 1.29 is 5.11 Å². The summed E-state index contributed by atoms with van der Waals surface area (Å²) in [5, 5.41) is 13.4. The smallest absolute Gasteiger partial charge is 0.115 e. The van der Waals surface area contributed by atoms with Gasteiger partial charge in [-0.3, -0.25) is 4.68 Å². The molecular formula is C11H13N3O. The summed E-state index contributed by atoms with van der Waals surface area (Å²) >= 11 is 0. The maximum atomic E-state index is 9.20. The summed E-state index contributed by atoms with van der Waals surface area (Å²) in [4.78, 5) is 0. The number of hydrogen-bond acceptors (Lipinski definition) is 3. The van der Waals surface area contributed by atoms with Gasteiger partial charge < -0.3 is 10.8 Å². The van der Waals surface area contributed by atoms with Gasteiger partial charge in [0.15, 0.2) is 0 Å². The minimum absolute atomic E-state index is 0.259. The molecule has 0 spiro atoms. The number of rotatable bonds is 2. The Morgan fingerprint density at radius 3 is 2.60 bits per heavy atom. The highest BCUT2D eigenvalue weighted by Gasteiger charge is 2.08. The molecule has 1 aromatic heterocycles. The molecule has 0 atom stereocenters. The average Bonchev–Trinajstić information content (AvgIpc) is 2.61. The Morgan fingerprint density at radius 1 is 1.33 bits per heavy atom. The molecule has 0 fully saturated rings. The number of nitrogens with zero attached hydrogens (tertiary/aromatic N) is 2. The molecule has 2 aromatic rings. The van der Waals surface area contributed by atoms with Gasteiger partial charge in [-0.15, -0.1) is 0 Å². The molecule has 0 radical (unpaired) electrons. The van der Waals surface area contributed by atoms with E-state index in [2.05, 4.69) is 5.10 Å². The Kier molecular flexibility index (Phi) is 2.43. The van der Waals surface area contributed by atoms with Crippen molar-refractivity contribution in [3.05, 3.63) is 36.0 Å². The first-order chi connectivity index (χ1) is 7.22. The van der Waals surface area contributed by atoms with Crippen molar-refractivity contribution in [2.75, 3.05) is 0 Å². The summed E-state index contributed by atoms with van der Waals surface area (Å²) in [5.41, 5.74) is 8.64. The summed E-state index contributed by atoms with van der Waals surface area (Å²) in [6.45, 7) is 0.462. The zero-order valence-corrected chi connectivity index (χ0v) is 8.51. The van der Waals surface area contributed by atoms with Gasteiger partial charge in [-0.25, -0.2) is 0 Å². The fraction of sp³-hybridized carbons (Fsp3) is 0.182. The highest BCUT2D eigenvalue weighted by atomic mass is 16.3. The zero-order valence-electron chi connectivity index (χ0n) is 8.51. The van der Waals surface area contributed by atoms with Crippen LogP contribution in [0.1, 0.15) is 5.56 Å². The molecule has 1 heterocycles. The maximum absolute atomic E-state index is 9.20. The van der Waals surface area contributed by atoms with Crippen LogP contribution in [0.5, 0.6) is 5.75 Å². The Labute approximate surface area is 88.0 Å². The first-order valence-electron chi connectivity index (χ1n) is 4.72. The Morgan fingerprint density at radius 2 is 2.00 bits per heavy atom. The molecule has 0 unspecified atom stereocenters. The number of nitrogens with two attached hydrogens (primary N) is 1. The topological polar surface area (TPSA) is 64.1 Å². The second kappa shape index (κ2) is 3.74. The lowest BCUT2D eigenvalue weighted by atomic mass is 10.1. The summed E-state index contributed by atoms with van der Waals surface area (Å²) in [5.74, 6) is 0.259. The first kappa shape index (κ1) is 9.73. The highest BCUT2D eigenvalue weighted by Crippen LogP contribution is 2.24. The fourth-order valence-electron chi connectivity index (χ4n) is 1.62. The molecule has 0 aliphatic rings. The second-order valence-electron chi connectivity index (χ2n) is 3.39. The van der Waals surface area contributed by atoms with Gasteiger partial charge in [-0.1, -0.05) is 0 Å². The van der Waals surface area contributed by atoms with Gasteiger partial charge in [0.1, 0.15) is 5.75 Å². The Balaban J connectivity index is 2.52. The second-order valence-corrected chi connectivity index (χ2v) is 3.39. The summed E-state index contributed by atoms with van der Waals surface area (Å²) < 4.78 is 1.79. The SMILES string of the molecule is Cn1ncc(CN)c1-c1ccc(O)cc1. The van der Waals surface area contributed by atoms with Gasteiger partial charge in [0.25, 0.3) is 0 Å². The van der Waals surface area contributed by atoms with Gasteiger partial charge in [-0.2, -0.15) is 5.10 Å². The highest BCUT2D eigenvalue weighted by molar-refractivity contribution is 5.64. The van der Waals surface area contributed by atoms with Crippen LogP contribution < -0.4 is 5.73 Å². The van der Waals surface area contributed by atoms with Gasteiger partial charge in [0.2, 0.25) is 0 Å². The van der Waals surface area contributed by atoms with E-state index in [0.717, 1.165) is 16.8 Å². The summed E-state index contributed by atoms with van der Waals surface area (Å²) in [7, 11) is 1.88. The molecule has 4 nitrogen and oxygen atoms in total. The molecule has 0 amide bonds. The third-order valence-electron chi connectivity index (χ3n) is 2.38. The largest absolute Gasteiger partial charge is 0.508 e. The van der Waals surface area contributed by atoms with Crippen molar-refractivity contribution in [1.82, 2.24) is 9.78 Å². The van der Waals surface area contributed by atoms with Crippen LogP contribution in [-0.2, 0) is 13.6 Å². The van der Waals surface area contributed by atoms with Crippen molar-refractivity contribution >= 4 is 0 Å². The third-order valence-corrected chi connectivity index (χ3v) is 2.38. The van der Waals surface area contributed by atoms with Gasteiger partial charge in [-0.05, 0) is 24.3 Å². The molecule has 4 heteroatoms. The van der Waals surface area contributed by atoms with Crippen LogP contribution in [0.3, 0.4) is 0 Å². The monoisotopic (exact) mass is 203 g/mol. The number of aromatic nitrogens is 2. The molecule has 0 bridgehead atoms. The number of hydrogen-bond donors (Lipinski definition) is 2. The number of aryl methyl sites for hydroxylation is 1. The van der Waals surface area contributed by atoms with Gasteiger partial charge >= 0.3 is 0 Å². The lowest BCUT2D eigenvalue weighted by molar-refractivity contribution is 0.475. The van der Waals surface area contributed by atoms with Crippen LogP contribution in [0.4, 0.5) is 0 Å². The van der Waals surface area contributed by atoms with Gasteiger partial charge in [0.05, 0.1) is 11.9 Å². The van der Waals surface area contributed by atoms with E-state index in [1.807, 2.05) is 19.2 Å². The van der Waals surface area contributed by atoms with Crippen molar-refractivity contribution in [3.63, 3.8) is 0 Å².